The molecule has 0 aromatic heterocycles. The molecule has 4 atom stereocenters. The van der Waals surface area contributed by atoms with E-state index >= 15 is 0 Å². The quantitative estimate of drug-likeness (QED) is 0.553. The minimum atomic E-state index is -0.832. The third-order valence-corrected chi connectivity index (χ3v) is 11.8. The molecule has 4 fully saturated rings. The van der Waals surface area contributed by atoms with Crippen LogP contribution >= 0.6 is 0 Å². The molecular weight excluding hydrogens is 148 g/mol. The second kappa shape index (κ2) is 1.17. The first-order valence-corrected chi connectivity index (χ1v) is 8.01. The van der Waals surface area contributed by atoms with Gasteiger partial charge in [0.25, 0.3) is 0 Å². The summed E-state index contributed by atoms with van der Waals surface area (Å²) in [5, 5.41) is 0.994. The highest BCUT2D eigenvalue weighted by Gasteiger charge is 3.18. The summed E-state index contributed by atoms with van der Waals surface area (Å²) in [7, 11) is -0.832. The highest BCUT2D eigenvalue weighted by atomic mass is 28.3. The van der Waals surface area contributed by atoms with Crippen LogP contribution in [0.2, 0.25) is 23.7 Å². The minimum absolute atomic E-state index is 0.832. The van der Waals surface area contributed by atoms with Gasteiger partial charge in [-0.25, -0.2) is 0 Å². The Balaban J connectivity index is 1.92. The molecule has 0 aromatic carbocycles. The first kappa shape index (κ1) is 6.70. The molecule has 0 aromatic rings. The van der Waals surface area contributed by atoms with Crippen molar-refractivity contribution in [2.24, 2.45) is 17.3 Å². The van der Waals surface area contributed by atoms with Gasteiger partial charge < -0.3 is 0 Å². The molecular formula is C10H18Si. The Morgan fingerprint density at radius 2 is 1.55 bits per heavy atom. The van der Waals surface area contributed by atoms with E-state index < -0.39 is 8.07 Å². The molecule has 62 valence electrons. The van der Waals surface area contributed by atoms with Crippen molar-refractivity contribution in [3.63, 3.8) is 0 Å². The smallest absolute Gasteiger partial charge is 0.0576 e. The molecule has 0 radical (unpaired) electrons. The Morgan fingerprint density at radius 1 is 1.18 bits per heavy atom. The summed E-state index contributed by atoms with van der Waals surface area (Å²) in [5.41, 5.74) is 1.92. The first-order chi connectivity index (χ1) is 4.93. The van der Waals surface area contributed by atoms with E-state index in [0.717, 1.165) is 16.0 Å². The monoisotopic (exact) mass is 166 g/mol. The van der Waals surface area contributed by atoms with Crippen LogP contribution in [0.15, 0.2) is 0 Å². The van der Waals surface area contributed by atoms with Gasteiger partial charge in [0.15, 0.2) is 0 Å². The van der Waals surface area contributed by atoms with Crippen molar-refractivity contribution in [2.45, 2.75) is 44.4 Å². The molecule has 4 aliphatic rings. The molecule has 0 bridgehead atoms. The highest BCUT2D eigenvalue weighted by Crippen LogP contribution is 3.25. The van der Waals surface area contributed by atoms with Crippen LogP contribution < -0.4 is 0 Å². The van der Waals surface area contributed by atoms with Crippen LogP contribution in [0.1, 0.15) is 20.8 Å². The maximum absolute atomic E-state index is 2.61. The summed E-state index contributed by atoms with van der Waals surface area (Å²) in [6.07, 6.45) is 0. The Labute approximate surface area is 70.4 Å². The maximum atomic E-state index is 2.61. The molecule has 0 heterocycles. The predicted molar refractivity (Wildman–Crippen MR) is 50.4 cm³/mol. The highest BCUT2D eigenvalue weighted by molar-refractivity contribution is 6.85. The van der Waals surface area contributed by atoms with Crippen molar-refractivity contribution in [3.8, 4) is 0 Å². The maximum Gasteiger partial charge on any atom is 0.0576 e. The van der Waals surface area contributed by atoms with Crippen molar-refractivity contribution >= 4 is 8.07 Å². The summed E-state index contributed by atoms with van der Waals surface area (Å²) >= 11 is 0. The van der Waals surface area contributed by atoms with E-state index in [2.05, 4.69) is 33.9 Å². The molecule has 0 spiro atoms. The Morgan fingerprint density at radius 3 is 1.64 bits per heavy atom. The van der Waals surface area contributed by atoms with Gasteiger partial charge in [-0.2, -0.15) is 0 Å². The topological polar surface area (TPSA) is 0 Å². The van der Waals surface area contributed by atoms with E-state index in [0.29, 0.717) is 0 Å². The summed E-state index contributed by atoms with van der Waals surface area (Å²) in [4.78, 5) is 0. The van der Waals surface area contributed by atoms with Crippen LogP contribution in [0.25, 0.3) is 0 Å². The molecule has 0 amide bonds. The second-order valence-corrected chi connectivity index (χ2v) is 11.4. The lowest BCUT2D eigenvalue weighted by Gasteiger charge is -2.27. The fourth-order valence-electron chi connectivity index (χ4n) is 4.00. The normalized spacial score (nSPS) is 62.7. The zero-order chi connectivity index (χ0) is 8.23. The molecule has 0 N–H and O–H groups in total. The van der Waals surface area contributed by atoms with Crippen LogP contribution in [-0.2, 0) is 0 Å². The lowest BCUT2D eigenvalue weighted by Crippen LogP contribution is -2.31. The minimum Gasteiger partial charge on any atom is -0.0687 e. The average Bonchev–Trinajstić information content (AvgIpc) is 2.61. The van der Waals surface area contributed by atoms with E-state index in [1.807, 2.05) is 0 Å². The predicted octanol–water partition coefficient (Wildman–Crippen LogP) is 3.12. The molecule has 4 saturated carbocycles. The van der Waals surface area contributed by atoms with Gasteiger partial charge in [-0.3, -0.25) is 0 Å². The van der Waals surface area contributed by atoms with Crippen molar-refractivity contribution in [1.29, 1.82) is 0 Å². The van der Waals surface area contributed by atoms with Crippen LogP contribution in [0.3, 0.4) is 0 Å². The van der Waals surface area contributed by atoms with Gasteiger partial charge in [0, 0.05) is 0 Å². The third kappa shape index (κ3) is 0.353. The first-order valence-electron chi connectivity index (χ1n) is 4.93. The SMILES string of the molecule is CC(C)[Si](C)(C)C12C3[C@@H]1C32C. The van der Waals surface area contributed by atoms with Crippen molar-refractivity contribution in [2.75, 3.05) is 0 Å². The summed E-state index contributed by atoms with van der Waals surface area (Å²) in [6, 6.07) is 0. The van der Waals surface area contributed by atoms with Crippen molar-refractivity contribution in [1.82, 2.24) is 0 Å². The molecule has 11 heavy (non-hydrogen) atoms. The Hall–Kier alpha value is 0.217. The van der Waals surface area contributed by atoms with E-state index in [-0.39, 0.29) is 0 Å². The van der Waals surface area contributed by atoms with E-state index in [1.165, 1.54) is 11.8 Å². The lowest BCUT2D eigenvalue weighted by atomic mass is 10.5. The number of hydrogen-bond acceptors (Lipinski definition) is 0. The van der Waals surface area contributed by atoms with Crippen molar-refractivity contribution in [3.05, 3.63) is 0 Å². The van der Waals surface area contributed by atoms with Gasteiger partial charge in [-0.05, 0) is 22.3 Å². The molecule has 1 heteroatoms. The molecule has 0 saturated heterocycles. The van der Waals surface area contributed by atoms with Crippen molar-refractivity contribution < 1.29 is 0 Å². The van der Waals surface area contributed by atoms with Gasteiger partial charge in [0.1, 0.15) is 0 Å². The zero-order valence-electron chi connectivity index (χ0n) is 8.23. The lowest BCUT2D eigenvalue weighted by molar-refractivity contribution is 0.913. The number of hydrogen-bond donors (Lipinski definition) is 0. The fraction of sp³-hybridized carbons (Fsp3) is 1.00. The van der Waals surface area contributed by atoms with Crippen LogP contribution in [0.4, 0.5) is 0 Å². The largest absolute Gasteiger partial charge is 0.0687 e. The Kier molecular flexibility index (Phi) is 0.714. The third-order valence-electron chi connectivity index (χ3n) is 5.62. The second-order valence-electron chi connectivity index (χ2n) is 5.98. The van der Waals surface area contributed by atoms with Gasteiger partial charge in [-0.1, -0.05) is 39.4 Å². The number of rotatable bonds is 2. The summed E-state index contributed by atoms with van der Waals surface area (Å²) in [5.74, 6) is 2.47. The summed E-state index contributed by atoms with van der Waals surface area (Å²) in [6.45, 7) is 12.6. The van der Waals surface area contributed by atoms with Gasteiger partial charge >= 0.3 is 0 Å². The van der Waals surface area contributed by atoms with Gasteiger partial charge in [-0.15, -0.1) is 0 Å². The van der Waals surface area contributed by atoms with Crippen LogP contribution in [-0.4, -0.2) is 8.07 Å². The van der Waals surface area contributed by atoms with Crippen LogP contribution in [0.5, 0.6) is 0 Å². The average molecular weight is 166 g/mol. The zero-order valence-corrected chi connectivity index (χ0v) is 9.23. The molecule has 0 aliphatic heterocycles. The Bertz CT molecular complexity index is 242. The van der Waals surface area contributed by atoms with E-state index in [9.17, 15) is 0 Å². The summed E-state index contributed by atoms with van der Waals surface area (Å²) < 4.78 is 0. The van der Waals surface area contributed by atoms with E-state index in [1.54, 1.807) is 0 Å². The van der Waals surface area contributed by atoms with Crippen LogP contribution in [0, 0.1) is 17.3 Å². The van der Waals surface area contributed by atoms with Gasteiger partial charge in [0.05, 0.1) is 8.07 Å². The van der Waals surface area contributed by atoms with Gasteiger partial charge in [0.2, 0.25) is 0 Å². The molecule has 0 nitrogen and oxygen atoms in total. The van der Waals surface area contributed by atoms with E-state index in [4.69, 9.17) is 0 Å². The molecule has 4 rings (SSSR count). The fourth-order valence-corrected chi connectivity index (χ4v) is 8.96. The standard InChI is InChI=1S/C10H18Si/c1-6(2)11(4,5)10-7-8(10)9(7,10)3/h6-8H,1-5H3/t7-,8?,9?,10?/m1/s1. The molecule has 3 unspecified atom stereocenters. The molecule has 4 aliphatic carbocycles.